The summed E-state index contributed by atoms with van der Waals surface area (Å²) in [6.45, 7) is 4.63. The number of nitrogens with zero attached hydrogens (tertiary/aromatic N) is 2. The second-order valence-corrected chi connectivity index (χ2v) is 4.47. The monoisotopic (exact) mass is 274 g/mol. The summed E-state index contributed by atoms with van der Waals surface area (Å²) in [6.07, 6.45) is 5.45. The van der Waals surface area contributed by atoms with Gasteiger partial charge in [-0.05, 0) is 17.9 Å². The first-order chi connectivity index (χ1) is 8.04. The maximum Gasteiger partial charge on any atom is 0.237 e. The lowest BCUT2D eigenvalue weighted by molar-refractivity contribution is -0.123. The number of aryl methyl sites for hydroxylation is 1. The van der Waals surface area contributed by atoms with Gasteiger partial charge in [0.25, 0.3) is 0 Å². The van der Waals surface area contributed by atoms with E-state index in [2.05, 4.69) is 10.4 Å². The van der Waals surface area contributed by atoms with Gasteiger partial charge in [-0.15, -0.1) is 12.4 Å². The summed E-state index contributed by atoms with van der Waals surface area (Å²) < 4.78 is 1.75. The van der Waals surface area contributed by atoms with Gasteiger partial charge in [0.05, 0.1) is 12.2 Å². The molecular formula is C12H23ClN4O. The van der Waals surface area contributed by atoms with Gasteiger partial charge in [0.2, 0.25) is 5.91 Å². The fourth-order valence-corrected chi connectivity index (χ4v) is 1.56. The largest absolute Gasteiger partial charge is 0.354 e. The van der Waals surface area contributed by atoms with Crippen LogP contribution in [-0.4, -0.2) is 28.3 Å². The fourth-order valence-electron chi connectivity index (χ4n) is 1.56. The zero-order valence-electron chi connectivity index (χ0n) is 11.2. The van der Waals surface area contributed by atoms with Gasteiger partial charge in [-0.2, -0.15) is 5.10 Å². The van der Waals surface area contributed by atoms with Crippen molar-refractivity contribution in [2.75, 3.05) is 6.54 Å². The summed E-state index contributed by atoms with van der Waals surface area (Å²) in [7, 11) is 1.88. The smallest absolute Gasteiger partial charge is 0.237 e. The van der Waals surface area contributed by atoms with Crippen molar-refractivity contribution in [3.05, 3.63) is 18.0 Å². The lowest BCUT2D eigenvalue weighted by atomic mass is 9.99. The number of carbonyl (C=O) groups is 1. The topological polar surface area (TPSA) is 72.9 Å². The van der Waals surface area contributed by atoms with Gasteiger partial charge < -0.3 is 11.1 Å². The van der Waals surface area contributed by atoms with Crippen LogP contribution in [0.3, 0.4) is 0 Å². The molecule has 0 aliphatic heterocycles. The first kappa shape index (κ1) is 16.9. The molecule has 0 saturated heterocycles. The minimum Gasteiger partial charge on any atom is -0.354 e. The highest BCUT2D eigenvalue weighted by Crippen LogP contribution is 2.05. The third-order valence-corrected chi connectivity index (χ3v) is 3.03. The Bertz CT molecular complexity index is 367. The molecule has 1 aromatic heterocycles. The Hall–Kier alpha value is -1.07. The quantitative estimate of drug-likeness (QED) is 0.809. The van der Waals surface area contributed by atoms with E-state index in [0.717, 1.165) is 18.4 Å². The van der Waals surface area contributed by atoms with E-state index in [4.69, 9.17) is 5.73 Å². The van der Waals surface area contributed by atoms with E-state index < -0.39 is 6.04 Å². The van der Waals surface area contributed by atoms with Gasteiger partial charge in [-0.3, -0.25) is 9.48 Å². The molecule has 1 heterocycles. The van der Waals surface area contributed by atoms with Crippen LogP contribution in [-0.2, 0) is 18.3 Å². The van der Waals surface area contributed by atoms with Gasteiger partial charge in [0.1, 0.15) is 0 Å². The zero-order chi connectivity index (χ0) is 12.8. The molecule has 2 atom stereocenters. The van der Waals surface area contributed by atoms with E-state index in [9.17, 15) is 4.79 Å². The molecule has 104 valence electrons. The second-order valence-electron chi connectivity index (χ2n) is 4.47. The van der Waals surface area contributed by atoms with E-state index in [0.29, 0.717) is 6.54 Å². The van der Waals surface area contributed by atoms with Gasteiger partial charge in [0, 0.05) is 19.8 Å². The van der Waals surface area contributed by atoms with Crippen molar-refractivity contribution in [2.45, 2.75) is 32.7 Å². The van der Waals surface area contributed by atoms with Crippen LogP contribution >= 0.6 is 12.4 Å². The van der Waals surface area contributed by atoms with Crippen molar-refractivity contribution in [1.82, 2.24) is 15.1 Å². The molecule has 5 nitrogen and oxygen atoms in total. The summed E-state index contributed by atoms with van der Waals surface area (Å²) in [5.41, 5.74) is 6.94. The summed E-state index contributed by atoms with van der Waals surface area (Å²) in [5.74, 6) is 0.150. The number of nitrogens with two attached hydrogens (primary N) is 1. The third-order valence-electron chi connectivity index (χ3n) is 3.03. The zero-order valence-corrected chi connectivity index (χ0v) is 12.0. The highest BCUT2D eigenvalue weighted by molar-refractivity contribution is 5.85. The minimum absolute atomic E-state index is 0. The molecule has 3 N–H and O–H groups in total. The predicted molar refractivity (Wildman–Crippen MR) is 74.6 cm³/mol. The molecule has 0 radical (unpaired) electrons. The van der Waals surface area contributed by atoms with Gasteiger partial charge in [0.15, 0.2) is 0 Å². The Morgan fingerprint density at radius 1 is 1.61 bits per heavy atom. The molecule has 2 unspecified atom stereocenters. The molecule has 1 amide bonds. The van der Waals surface area contributed by atoms with Gasteiger partial charge in [-0.25, -0.2) is 0 Å². The van der Waals surface area contributed by atoms with Gasteiger partial charge in [-0.1, -0.05) is 20.3 Å². The van der Waals surface area contributed by atoms with Crippen LogP contribution in [0.2, 0.25) is 0 Å². The molecule has 0 spiro atoms. The molecule has 0 bridgehead atoms. The third kappa shape index (κ3) is 5.06. The van der Waals surface area contributed by atoms with E-state index in [-0.39, 0.29) is 24.2 Å². The number of carbonyl (C=O) groups excluding carboxylic acids is 1. The first-order valence-electron chi connectivity index (χ1n) is 6.05. The molecule has 6 heteroatoms. The minimum atomic E-state index is -0.408. The van der Waals surface area contributed by atoms with Gasteiger partial charge >= 0.3 is 0 Å². The number of nitrogens with one attached hydrogen (secondary N) is 1. The second kappa shape index (κ2) is 8.11. The highest BCUT2D eigenvalue weighted by Gasteiger charge is 2.18. The standard InChI is InChI=1S/C12H22N4O.ClH/c1-4-9(2)11(13)12(17)14-6-5-10-7-15-16(3)8-10;/h7-9,11H,4-6,13H2,1-3H3,(H,14,17);1H. The molecular weight excluding hydrogens is 252 g/mol. The molecule has 0 aliphatic carbocycles. The summed E-state index contributed by atoms with van der Waals surface area (Å²) in [5, 5.41) is 6.92. The summed E-state index contributed by atoms with van der Waals surface area (Å²) in [4.78, 5) is 11.7. The normalized spacial score (nSPS) is 13.6. The number of hydrogen-bond acceptors (Lipinski definition) is 3. The van der Waals surface area contributed by atoms with E-state index in [1.165, 1.54) is 0 Å². The highest BCUT2D eigenvalue weighted by atomic mass is 35.5. The van der Waals surface area contributed by atoms with Crippen molar-refractivity contribution in [3.63, 3.8) is 0 Å². The summed E-state index contributed by atoms with van der Waals surface area (Å²) in [6, 6.07) is -0.408. The Morgan fingerprint density at radius 2 is 2.28 bits per heavy atom. The number of hydrogen-bond donors (Lipinski definition) is 2. The molecule has 0 aliphatic rings. The molecule has 0 aromatic carbocycles. The maximum atomic E-state index is 11.7. The lowest BCUT2D eigenvalue weighted by Crippen LogP contribution is -2.45. The first-order valence-corrected chi connectivity index (χ1v) is 6.05. The van der Waals surface area contributed by atoms with Crippen LogP contribution in [0.5, 0.6) is 0 Å². The Labute approximate surface area is 115 Å². The molecule has 0 saturated carbocycles. The maximum absolute atomic E-state index is 11.7. The Morgan fingerprint density at radius 3 is 2.78 bits per heavy atom. The van der Waals surface area contributed by atoms with E-state index in [1.807, 2.05) is 27.1 Å². The fraction of sp³-hybridized carbons (Fsp3) is 0.667. The van der Waals surface area contributed by atoms with Crippen LogP contribution in [0.15, 0.2) is 12.4 Å². The predicted octanol–water partition coefficient (Wildman–Crippen LogP) is 0.874. The van der Waals surface area contributed by atoms with Crippen molar-refractivity contribution >= 4 is 18.3 Å². The van der Waals surface area contributed by atoms with Crippen LogP contribution in [0.25, 0.3) is 0 Å². The van der Waals surface area contributed by atoms with Crippen molar-refractivity contribution in [3.8, 4) is 0 Å². The van der Waals surface area contributed by atoms with E-state index in [1.54, 1.807) is 10.9 Å². The number of halogens is 1. The Kier molecular flexibility index (Phi) is 7.62. The van der Waals surface area contributed by atoms with E-state index >= 15 is 0 Å². The van der Waals surface area contributed by atoms with Crippen LogP contribution < -0.4 is 11.1 Å². The molecule has 0 fully saturated rings. The average molecular weight is 275 g/mol. The Balaban J connectivity index is 0.00000289. The SMILES string of the molecule is CCC(C)C(N)C(=O)NCCc1cnn(C)c1.Cl. The van der Waals surface area contributed by atoms with Crippen molar-refractivity contribution < 1.29 is 4.79 Å². The van der Waals surface area contributed by atoms with Crippen molar-refractivity contribution in [1.29, 1.82) is 0 Å². The lowest BCUT2D eigenvalue weighted by Gasteiger charge is -2.17. The number of amides is 1. The number of rotatable bonds is 6. The average Bonchev–Trinajstić information content (AvgIpc) is 2.72. The molecule has 18 heavy (non-hydrogen) atoms. The van der Waals surface area contributed by atoms with Crippen LogP contribution in [0.4, 0.5) is 0 Å². The molecule has 1 aromatic rings. The summed E-state index contributed by atoms with van der Waals surface area (Å²) >= 11 is 0. The van der Waals surface area contributed by atoms with Crippen LogP contribution in [0, 0.1) is 5.92 Å². The number of aromatic nitrogens is 2. The van der Waals surface area contributed by atoms with Crippen molar-refractivity contribution in [2.24, 2.45) is 18.7 Å². The van der Waals surface area contributed by atoms with Crippen LogP contribution in [0.1, 0.15) is 25.8 Å². The molecule has 1 rings (SSSR count).